The fourth-order valence-corrected chi connectivity index (χ4v) is 3.66. The Morgan fingerprint density at radius 1 is 1.07 bits per heavy atom. The predicted molar refractivity (Wildman–Crippen MR) is 114 cm³/mol. The minimum absolute atomic E-state index is 0.0911. The third-order valence-electron chi connectivity index (χ3n) is 5.00. The molecule has 0 spiro atoms. The zero-order valence-corrected chi connectivity index (χ0v) is 16.5. The molecule has 2 heterocycles. The summed E-state index contributed by atoms with van der Waals surface area (Å²) < 4.78 is 2.18. The van der Waals surface area contributed by atoms with Gasteiger partial charge >= 0.3 is 0 Å². The van der Waals surface area contributed by atoms with Crippen LogP contribution in [0.3, 0.4) is 0 Å². The summed E-state index contributed by atoms with van der Waals surface area (Å²) in [6.07, 6.45) is 3.97. The fraction of sp³-hybridized carbons (Fsp3) is 0.304. The van der Waals surface area contributed by atoms with Gasteiger partial charge in [-0.15, -0.1) is 0 Å². The molecule has 1 amide bonds. The van der Waals surface area contributed by atoms with Crippen molar-refractivity contribution in [1.82, 2.24) is 15.2 Å². The van der Waals surface area contributed by atoms with Gasteiger partial charge in [0.2, 0.25) is 5.91 Å². The number of hydrogen-bond donors (Lipinski definition) is 3. The number of carboxylic acid groups (broad SMARTS) is 1. The summed E-state index contributed by atoms with van der Waals surface area (Å²) in [5, 5.41) is 15.2. The lowest BCUT2D eigenvalue weighted by Crippen LogP contribution is -2.42. The molecule has 3 aromatic rings. The molecule has 2 aromatic carbocycles. The minimum atomic E-state index is -0.833. The number of carbonyl (C=O) groups is 2. The highest BCUT2D eigenvalue weighted by molar-refractivity contribution is 5.82. The first-order chi connectivity index (χ1) is 14.0. The molecule has 152 valence electrons. The van der Waals surface area contributed by atoms with E-state index in [4.69, 9.17) is 9.90 Å². The molecule has 0 aliphatic carbocycles. The molecule has 1 saturated heterocycles. The monoisotopic (exact) mass is 393 g/mol. The highest BCUT2D eigenvalue weighted by Gasteiger charge is 2.29. The molecule has 1 aliphatic heterocycles. The van der Waals surface area contributed by atoms with Gasteiger partial charge in [0.25, 0.3) is 5.97 Å². The maximum absolute atomic E-state index is 12.4. The number of fused-ring (bicyclic) bond motifs is 1. The Morgan fingerprint density at radius 2 is 1.76 bits per heavy atom. The summed E-state index contributed by atoms with van der Waals surface area (Å²) in [5.41, 5.74) is 2.47. The van der Waals surface area contributed by atoms with Crippen LogP contribution in [0.2, 0.25) is 0 Å². The van der Waals surface area contributed by atoms with Crippen molar-refractivity contribution in [2.75, 3.05) is 6.54 Å². The largest absolute Gasteiger partial charge is 0.481 e. The molecule has 0 saturated carbocycles. The zero-order valence-electron chi connectivity index (χ0n) is 16.5. The van der Waals surface area contributed by atoms with Gasteiger partial charge in [0.15, 0.2) is 0 Å². The highest BCUT2D eigenvalue weighted by atomic mass is 16.4. The van der Waals surface area contributed by atoms with E-state index in [0.29, 0.717) is 6.54 Å². The number of aromatic nitrogens is 1. The van der Waals surface area contributed by atoms with Gasteiger partial charge < -0.3 is 15.0 Å². The highest BCUT2D eigenvalue weighted by Crippen LogP contribution is 2.26. The van der Waals surface area contributed by atoms with E-state index in [9.17, 15) is 4.79 Å². The van der Waals surface area contributed by atoms with E-state index in [1.807, 2.05) is 30.3 Å². The molecule has 29 heavy (non-hydrogen) atoms. The second-order valence-electron chi connectivity index (χ2n) is 7.14. The van der Waals surface area contributed by atoms with Gasteiger partial charge in [-0.3, -0.25) is 14.9 Å². The Bertz CT molecular complexity index is 948. The van der Waals surface area contributed by atoms with Crippen LogP contribution in [0, 0.1) is 0 Å². The zero-order chi connectivity index (χ0) is 20.6. The molecule has 6 nitrogen and oxygen atoms in total. The van der Waals surface area contributed by atoms with Crippen LogP contribution in [0.1, 0.15) is 31.4 Å². The van der Waals surface area contributed by atoms with Crippen LogP contribution in [-0.2, 0) is 16.1 Å². The van der Waals surface area contributed by atoms with E-state index >= 15 is 0 Å². The SMILES string of the molecule is CC(=O)O.O=C(NCCn1ccc2ccccc21)[C@H]1CC[C@H](c2ccccc2)N1. The molecule has 0 radical (unpaired) electrons. The summed E-state index contributed by atoms with van der Waals surface area (Å²) >= 11 is 0. The summed E-state index contributed by atoms with van der Waals surface area (Å²) in [4.78, 5) is 21.4. The lowest BCUT2D eigenvalue weighted by atomic mass is 10.1. The Balaban J connectivity index is 0.000000552. The molecular weight excluding hydrogens is 366 g/mol. The Morgan fingerprint density at radius 3 is 2.52 bits per heavy atom. The van der Waals surface area contributed by atoms with Crippen molar-refractivity contribution < 1.29 is 14.7 Å². The summed E-state index contributed by atoms with van der Waals surface area (Å²) in [6, 6.07) is 21.0. The van der Waals surface area contributed by atoms with Crippen molar-refractivity contribution in [3.8, 4) is 0 Å². The van der Waals surface area contributed by atoms with Crippen LogP contribution in [0.25, 0.3) is 10.9 Å². The van der Waals surface area contributed by atoms with E-state index < -0.39 is 5.97 Å². The van der Waals surface area contributed by atoms with Gasteiger partial charge in [-0.1, -0.05) is 48.5 Å². The Hall–Kier alpha value is -3.12. The molecule has 0 bridgehead atoms. The average molecular weight is 393 g/mol. The van der Waals surface area contributed by atoms with E-state index in [1.165, 1.54) is 16.5 Å². The van der Waals surface area contributed by atoms with Crippen molar-refractivity contribution in [2.45, 2.75) is 38.4 Å². The van der Waals surface area contributed by atoms with Crippen LogP contribution in [0.4, 0.5) is 0 Å². The molecular formula is C23H27N3O3. The normalized spacial score (nSPS) is 18.1. The number of rotatable bonds is 5. The summed E-state index contributed by atoms with van der Waals surface area (Å²) in [7, 11) is 0. The van der Waals surface area contributed by atoms with Gasteiger partial charge in [0, 0.05) is 37.8 Å². The first kappa shape index (κ1) is 20.6. The van der Waals surface area contributed by atoms with Crippen molar-refractivity contribution in [3.63, 3.8) is 0 Å². The van der Waals surface area contributed by atoms with E-state index in [2.05, 4.69) is 51.7 Å². The number of aliphatic carboxylic acids is 1. The second-order valence-corrected chi connectivity index (χ2v) is 7.14. The van der Waals surface area contributed by atoms with Crippen LogP contribution < -0.4 is 10.6 Å². The van der Waals surface area contributed by atoms with Crippen molar-refractivity contribution >= 4 is 22.8 Å². The Labute approximate surface area is 170 Å². The first-order valence-corrected chi connectivity index (χ1v) is 9.86. The number of nitrogens with one attached hydrogen (secondary N) is 2. The molecule has 1 aromatic heterocycles. The van der Waals surface area contributed by atoms with Gasteiger partial charge in [0.1, 0.15) is 0 Å². The molecule has 4 rings (SSSR count). The first-order valence-electron chi connectivity index (χ1n) is 9.86. The van der Waals surface area contributed by atoms with E-state index in [0.717, 1.165) is 26.3 Å². The predicted octanol–water partition coefficient (Wildman–Crippen LogP) is 3.34. The van der Waals surface area contributed by atoms with E-state index in [-0.39, 0.29) is 18.0 Å². The lowest BCUT2D eigenvalue weighted by Gasteiger charge is -2.15. The molecule has 0 unspecified atom stereocenters. The van der Waals surface area contributed by atoms with Gasteiger partial charge in [-0.2, -0.15) is 0 Å². The minimum Gasteiger partial charge on any atom is -0.481 e. The van der Waals surface area contributed by atoms with Crippen LogP contribution in [0.5, 0.6) is 0 Å². The smallest absolute Gasteiger partial charge is 0.300 e. The third kappa shape index (κ3) is 5.68. The number of nitrogens with zero attached hydrogens (tertiary/aromatic N) is 1. The van der Waals surface area contributed by atoms with Crippen molar-refractivity contribution in [1.29, 1.82) is 0 Å². The number of para-hydroxylation sites is 1. The number of carbonyl (C=O) groups excluding carboxylic acids is 1. The van der Waals surface area contributed by atoms with Crippen LogP contribution in [0.15, 0.2) is 66.9 Å². The number of amides is 1. The summed E-state index contributed by atoms with van der Waals surface area (Å²) in [5.74, 6) is -0.727. The van der Waals surface area contributed by atoms with Crippen LogP contribution in [-0.4, -0.2) is 34.1 Å². The quantitative estimate of drug-likeness (QED) is 0.621. The third-order valence-corrected chi connectivity index (χ3v) is 5.00. The molecule has 3 N–H and O–H groups in total. The topological polar surface area (TPSA) is 83.4 Å². The number of hydrogen-bond acceptors (Lipinski definition) is 3. The van der Waals surface area contributed by atoms with Crippen LogP contribution >= 0.6 is 0 Å². The van der Waals surface area contributed by atoms with Crippen molar-refractivity contribution in [2.24, 2.45) is 0 Å². The summed E-state index contributed by atoms with van der Waals surface area (Å²) in [6.45, 7) is 2.51. The maximum Gasteiger partial charge on any atom is 0.300 e. The molecule has 1 fully saturated rings. The van der Waals surface area contributed by atoms with Crippen molar-refractivity contribution in [3.05, 3.63) is 72.4 Å². The second kappa shape index (κ2) is 9.89. The number of carboxylic acids is 1. The maximum atomic E-state index is 12.4. The number of benzene rings is 2. The lowest BCUT2D eigenvalue weighted by molar-refractivity contribution is -0.134. The van der Waals surface area contributed by atoms with E-state index in [1.54, 1.807) is 0 Å². The van der Waals surface area contributed by atoms with Gasteiger partial charge in [0.05, 0.1) is 6.04 Å². The standard InChI is InChI=1S/C21H23N3O.C2H4O2/c25-21(19-11-10-18(23-19)16-6-2-1-3-7-16)22-13-15-24-14-12-17-8-4-5-9-20(17)24;1-2(3)4/h1-9,12,14,18-19,23H,10-11,13,15H2,(H,22,25);1H3,(H,3,4)/t18-,19-;/m1./s1. The van der Waals surface area contributed by atoms with Gasteiger partial charge in [-0.05, 0) is 35.9 Å². The van der Waals surface area contributed by atoms with Gasteiger partial charge in [-0.25, -0.2) is 0 Å². The fourth-order valence-electron chi connectivity index (χ4n) is 3.66. The Kier molecular flexibility index (Phi) is 7.03. The molecule has 6 heteroatoms. The molecule has 2 atom stereocenters. The average Bonchev–Trinajstić information content (AvgIpc) is 3.36. The molecule has 1 aliphatic rings.